The number of benzene rings is 3. The lowest BCUT2D eigenvalue weighted by molar-refractivity contribution is -0.118. The predicted octanol–water partition coefficient (Wildman–Crippen LogP) is 3.30. The smallest absolute Gasteiger partial charge is 0.238 e. The minimum atomic E-state index is -3.72. The molecule has 0 saturated carbocycles. The quantitative estimate of drug-likeness (QED) is 0.334. The van der Waals surface area contributed by atoms with Crippen LogP contribution in [0.15, 0.2) is 95.0 Å². The van der Waals surface area contributed by atoms with E-state index < -0.39 is 10.0 Å². The number of hydrogen-bond donors (Lipinski definition) is 2. The Morgan fingerprint density at radius 1 is 0.829 bits per heavy atom. The predicted molar refractivity (Wildman–Crippen MR) is 136 cm³/mol. The molecule has 0 aliphatic carbocycles. The van der Waals surface area contributed by atoms with Crippen LogP contribution in [0.2, 0.25) is 0 Å². The van der Waals surface area contributed by atoms with Gasteiger partial charge in [0, 0.05) is 17.7 Å². The van der Waals surface area contributed by atoms with Crippen LogP contribution in [0, 0.1) is 0 Å². The van der Waals surface area contributed by atoms with Gasteiger partial charge in [-0.05, 0) is 24.1 Å². The number of primary sulfonamides is 1. The second-order valence-electron chi connectivity index (χ2n) is 7.60. The van der Waals surface area contributed by atoms with Crippen molar-refractivity contribution in [3.05, 3.63) is 90.5 Å². The lowest BCUT2D eigenvalue weighted by Gasteiger charge is -2.09. The second kappa shape index (κ2) is 11.2. The van der Waals surface area contributed by atoms with E-state index in [4.69, 9.17) is 10.1 Å². The highest BCUT2D eigenvalue weighted by atomic mass is 32.2. The third-order valence-electron chi connectivity index (χ3n) is 5.08. The van der Waals surface area contributed by atoms with Gasteiger partial charge < -0.3 is 5.32 Å². The Hall–Kier alpha value is -3.60. The molecule has 0 radical (unpaired) electrons. The summed E-state index contributed by atoms with van der Waals surface area (Å²) in [5.41, 5.74) is 4.11. The summed E-state index contributed by atoms with van der Waals surface area (Å²) in [6, 6.07) is 25.8. The van der Waals surface area contributed by atoms with Gasteiger partial charge >= 0.3 is 0 Å². The molecule has 0 atom stereocenters. The first-order chi connectivity index (χ1) is 16.9. The highest BCUT2D eigenvalue weighted by Crippen LogP contribution is 2.29. The minimum absolute atomic E-state index is 0.0587. The average Bonchev–Trinajstić information content (AvgIpc) is 2.88. The van der Waals surface area contributed by atoms with Crippen LogP contribution in [0.4, 0.5) is 0 Å². The van der Waals surface area contributed by atoms with Gasteiger partial charge in [-0.1, -0.05) is 84.6 Å². The van der Waals surface area contributed by atoms with Crippen molar-refractivity contribution >= 4 is 27.7 Å². The molecule has 1 aromatic heterocycles. The highest BCUT2D eigenvalue weighted by Gasteiger charge is 2.14. The number of thioether (sulfide) groups is 1. The molecule has 0 spiro atoms. The Bertz CT molecular complexity index is 1400. The first-order valence-corrected chi connectivity index (χ1v) is 13.3. The van der Waals surface area contributed by atoms with Crippen molar-refractivity contribution in [3.63, 3.8) is 0 Å². The van der Waals surface area contributed by atoms with Crippen LogP contribution < -0.4 is 10.5 Å². The molecule has 0 fully saturated rings. The molecule has 10 heteroatoms. The number of nitrogens with zero attached hydrogens (tertiary/aromatic N) is 3. The number of carbonyl (C=O) groups is 1. The third-order valence-corrected chi connectivity index (χ3v) is 6.85. The van der Waals surface area contributed by atoms with Gasteiger partial charge in [-0.25, -0.2) is 18.5 Å². The molecule has 0 saturated heterocycles. The number of amides is 1. The van der Waals surface area contributed by atoms with E-state index in [0.717, 1.165) is 16.7 Å². The van der Waals surface area contributed by atoms with Crippen molar-refractivity contribution in [2.45, 2.75) is 16.5 Å². The summed E-state index contributed by atoms with van der Waals surface area (Å²) < 4.78 is 22.7. The molecule has 8 nitrogen and oxygen atoms in total. The van der Waals surface area contributed by atoms with Crippen LogP contribution >= 0.6 is 11.8 Å². The van der Waals surface area contributed by atoms with Gasteiger partial charge in [0.1, 0.15) is 11.4 Å². The van der Waals surface area contributed by atoms with Gasteiger partial charge in [-0.2, -0.15) is 0 Å². The number of sulfonamides is 1. The minimum Gasteiger partial charge on any atom is -0.355 e. The van der Waals surface area contributed by atoms with E-state index in [0.29, 0.717) is 29.5 Å². The molecule has 4 aromatic rings. The van der Waals surface area contributed by atoms with Crippen LogP contribution in [-0.4, -0.2) is 41.8 Å². The Morgan fingerprint density at radius 2 is 1.43 bits per heavy atom. The Balaban J connectivity index is 1.37. The molecule has 0 bridgehead atoms. The molecule has 178 valence electrons. The molecule has 3 aromatic carbocycles. The first-order valence-electron chi connectivity index (χ1n) is 10.8. The summed E-state index contributed by atoms with van der Waals surface area (Å²) in [5, 5.41) is 17.0. The number of nitrogens with two attached hydrogens (primary N) is 1. The number of carbonyl (C=O) groups excluding carboxylic acids is 1. The average molecular weight is 506 g/mol. The van der Waals surface area contributed by atoms with Crippen LogP contribution in [-0.2, 0) is 21.2 Å². The lowest BCUT2D eigenvalue weighted by Crippen LogP contribution is -2.27. The molecule has 0 aliphatic rings. The molecule has 0 unspecified atom stereocenters. The molecule has 1 amide bonds. The van der Waals surface area contributed by atoms with E-state index in [2.05, 4.69) is 15.5 Å². The SMILES string of the molecule is NS(=O)(=O)c1ccc(CCNC(=O)CSc2nnc(-c3ccccc3)c(-c3ccccc3)n2)cc1. The van der Waals surface area contributed by atoms with Gasteiger partial charge in [0.25, 0.3) is 0 Å². The largest absolute Gasteiger partial charge is 0.355 e. The van der Waals surface area contributed by atoms with E-state index in [1.54, 1.807) is 12.1 Å². The maximum absolute atomic E-state index is 12.3. The molecule has 4 rings (SSSR count). The zero-order chi connectivity index (χ0) is 24.7. The molecule has 35 heavy (non-hydrogen) atoms. The Kier molecular flexibility index (Phi) is 7.86. The van der Waals surface area contributed by atoms with E-state index >= 15 is 0 Å². The second-order valence-corrected chi connectivity index (χ2v) is 10.1. The summed E-state index contributed by atoms with van der Waals surface area (Å²) in [7, 11) is -3.72. The molecule has 1 heterocycles. The Morgan fingerprint density at radius 3 is 2.03 bits per heavy atom. The van der Waals surface area contributed by atoms with Crippen molar-refractivity contribution in [1.82, 2.24) is 20.5 Å². The summed E-state index contributed by atoms with van der Waals surface area (Å²) in [6.45, 7) is 0.412. The fourth-order valence-corrected chi connectivity index (χ4v) is 4.47. The van der Waals surface area contributed by atoms with Crippen molar-refractivity contribution in [3.8, 4) is 22.5 Å². The molecular weight excluding hydrogens is 482 g/mol. The topological polar surface area (TPSA) is 128 Å². The van der Waals surface area contributed by atoms with Crippen LogP contribution in [0.25, 0.3) is 22.5 Å². The monoisotopic (exact) mass is 505 g/mol. The van der Waals surface area contributed by atoms with Gasteiger partial charge in [-0.3, -0.25) is 4.79 Å². The molecule has 3 N–H and O–H groups in total. The number of hydrogen-bond acceptors (Lipinski definition) is 7. The maximum Gasteiger partial charge on any atom is 0.238 e. The van der Waals surface area contributed by atoms with Crippen molar-refractivity contribution in [1.29, 1.82) is 0 Å². The van der Waals surface area contributed by atoms with Crippen LogP contribution in [0.1, 0.15) is 5.56 Å². The number of rotatable bonds is 9. The molecule has 0 aliphatic heterocycles. The number of aromatic nitrogens is 3. The highest BCUT2D eigenvalue weighted by molar-refractivity contribution is 7.99. The van der Waals surface area contributed by atoms with Crippen molar-refractivity contribution < 1.29 is 13.2 Å². The first kappa shape index (κ1) is 24.5. The Labute approximate surface area is 208 Å². The maximum atomic E-state index is 12.3. The normalized spacial score (nSPS) is 11.2. The van der Waals surface area contributed by atoms with Crippen LogP contribution in [0.5, 0.6) is 0 Å². The third kappa shape index (κ3) is 6.72. The summed E-state index contributed by atoms with van der Waals surface area (Å²) in [6.07, 6.45) is 0.559. The van der Waals surface area contributed by atoms with E-state index in [1.165, 1.54) is 23.9 Å². The van der Waals surface area contributed by atoms with Gasteiger partial charge in [0.15, 0.2) is 0 Å². The zero-order valence-electron chi connectivity index (χ0n) is 18.7. The fourth-order valence-electron chi connectivity index (χ4n) is 3.33. The van der Waals surface area contributed by atoms with Gasteiger partial charge in [-0.15, -0.1) is 10.2 Å². The number of nitrogens with one attached hydrogen (secondary N) is 1. The van der Waals surface area contributed by atoms with E-state index in [1.807, 2.05) is 60.7 Å². The summed E-state index contributed by atoms with van der Waals surface area (Å²) >= 11 is 1.21. The van der Waals surface area contributed by atoms with Crippen LogP contribution in [0.3, 0.4) is 0 Å². The van der Waals surface area contributed by atoms with E-state index in [-0.39, 0.29) is 16.6 Å². The zero-order valence-corrected chi connectivity index (χ0v) is 20.3. The van der Waals surface area contributed by atoms with Gasteiger partial charge in [0.05, 0.1) is 10.6 Å². The standard InChI is InChI=1S/C25H23N5O3S2/c26-35(32,33)21-13-11-18(12-14-21)15-16-27-22(31)17-34-25-28-23(19-7-3-1-4-8-19)24(29-30-25)20-9-5-2-6-10-20/h1-14H,15-17H2,(H,27,31)(H2,26,32,33). The van der Waals surface area contributed by atoms with E-state index in [9.17, 15) is 13.2 Å². The molecular formula is C25H23N5O3S2. The van der Waals surface area contributed by atoms with Crippen molar-refractivity contribution in [2.24, 2.45) is 5.14 Å². The summed E-state index contributed by atoms with van der Waals surface area (Å²) in [5.74, 6) is -0.0153. The van der Waals surface area contributed by atoms with Crippen molar-refractivity contribution in [2.75, 3.05) is 12.3 Å². The van der Waals surface area contributed by atoms with Gasteiger partial charge in [0.2, 0.25) is 21.1 Å². The fraction of sp³-hybridized carbons (Fsp3) is 0.120. The lowest BCUT2D eigenvalue weighted by atomic mass is 10.0. The summed E-state index contributed by atoms with van der Waals surface area (Å²) in [4.78, 5) is 17.1.